The maximum absolute atomic E-state index is 11.8. The number of unbranched alkanes of at least 4 members (excludes halogenated alkanes) is 17. The Morgan fingerprint density at radius 2 is 0.886 bits per heavy atom. The van der Waals surface area contributed by atoms with E-state index in [2.05, 4.69) is 20.8 Å². The minimum atomic E-state index is -0.148. The van der Waals surface area contributed by atoms with Gasteiger partial charge < -0.3 is 9.47 Å². The largest absolute Gasteiger partial charge is 0.466 e. The molecule has 0 aromatic carbocycles. The summed E-state index contributed by atoms with van der Waals surface area (Å²) >= 11 is 0. The van der Waals surface area contributed by atoms with E-state index in [-0.39, 0.29) is 11.9 Å². The summed E-state index contributed by atoms with van der Waals surface area (Å²) in [6, 6.07) is 0. The lowest BCUT2D eigenvalue weighted by molar-refractivity contribution is -0.146. The van der Waals surface area contributed by atoms with Crippen LogP contribution >= 0.6 is 0 Å². The van der Waals surface area contributed by atoms with Gasteiger partial charge in [0.2, 0.25) is 0 Å². The maximum atomic E-state index is 11.8. The molecule has 0 aliphatic carbocycles. The van der Waals surface area contributed by atoms with Gasteiger partial charge >= 0.3 is 11.9 Å². The van der Waals surface area contributed by atoms with Gasteiger partial charge in [0.15, 0.2) is 0 Å². The van der Waals surface area contributed by atoms with Crippen LogP contribution in [0.5, 0.6) is 0 Å². The third kappa shape index (κ3) is 27.4. The molecule has 0 radical (unpaired) electrons. The minimum Gasteiger partial charge on any atom is -0.466 e. The van der Waals surface area contributed by atoms with E-state index < -0.39 is 0 Å². The second kappa shape index (κ2) is 27.5. The van der Waals surface area contributed by atoms with Gasteiger partial charge in [0.1, 0.15) is 0 Å². The van der Waals surface area contributed by atoms with Crippen molar-refractivity contribution >= 4 is 11.9 Å². The van der Waals surface area contributed by atoms with E-state index >= 15 is 0 Å². The van der Waals surface area contributed by atoms with E-state index in [1.807, 2.05) is 0 Å². The van der Waals surface area contributed by atoms with Gasteiger partial charge in [0.05, 0.1) is 13.2 Å². The van der Waals surface area contributed by atoms with Crippen molar-refractivity contribution < 1.29 is 19.1 Å². The Labute approximate surface area is 218 Å². The highest BCUT2D eigenvalue weighted by Crippen LogP contribution is 2.14. The number of rotatable bonds is 27. The second-order valence-electron chi connectivity index (χ2n) is 10.6. The lowest BCUT2D eigenvalue weighted by atomic mass is 10.0. The van der Waals surface area contributed by atoms with Crippen molar-refractivity contribution in [3.05, 3.63) is 0 Å². The number of esters is 2. The fourth-order valence-electron chi connectivity index (χ4n) is 4.27. The van der Waals surface area contributed by atoms with E-state index in [0.29, 0.717) is 44.8 Å². The van der Waals surface area contributed by atoms with Gasteiger partial charge in [-0.15, -0.1) is 0 Å². The molecular formula is C31H60O4. The molecule has 4 heteroatoms. The molecule has 0 aliphatic rings. The number of hydrogen-bond acceptors (Lipinski definition) is 4. The summed E-state index contributed by atoms with van der Waals surface area (Å²) in [6.07, 6.45) is 27.2. The van der Waals surface area contributed by atoms with Crippen molar-refractivity contribution in [1.82, 2.24) is 0 Å². The van der Waals surface area contributed by atoms with Crippen molar-refractivity contribution in [2.24, 2.45) is 5.92 Å². The highest BCUT2D eigenvalue weighted by atomic mass is 16.5. The van der Waals surface area contributed by atoms with Gasteiger partial charge in [-0.05, 0) is 31.6 Å². The molecule has 4 nitrogen and oxygen atoms in total. The number of ether oxygens (including phenoxy) is 2. The Kier molecular flexibility index (Phi) is 26.7. The Hall–Kier alpha value is -1.06. The van der Waals surface area contributed by atoms with Crippen molar-refractivity contribution in [2.75, 3.05) is 13.2 Å². The smallest absolute Gasteiger partial charge is 0.305 e. The molecule has 0 amide bonds. The zero-order chi connectivity index (χ0) is 25.8. The molecule has 0 N–H and O–H groups in total. The van der Waals surface area contributed by atoms with Crippen LogP contribution in [0.2, 0.25) is 0 Å². The van der Waals surface area contributed by atoms with Crippen LogP contribution in [0.4, 0.5) is 0 Å². The third-order valence-electron chi connectivity index (χ3n) is 7.09. The average molecular weight is 497 g/mol. The van der Waals surface area contributed by atoms with Gasteiger partial charge in [-0.1, -0.05) is 130 Å². The molecule has 1 unspecified atom stereocenters. The summed E-state index contributed by atoms with van der Waals surface area (Å²) in [7, 11) is 0. The zero-order valence-electron chi connectivity index (χ0n) is 23.9. The standard InChI is InChI=1S/C31H60O4/c1-4-6-7-8-9-10-11-12-13-14-15-16-17-18-19-20-23-27-34-30(32)24-21-22-25-31(33)35-28-26-29(3)5-2/h29H,4-28H2,1-3H3. The Bertz CT molecular complexity index is 463. The topological polar surface area (TPSA) is 52.6 Å². The Balaban J connectivity index is 3.25. The second-order valence-corrected chi connectivity index (χ2v) is 10.6. The van der Waals surface area contributed by atoms with E-state index in [4.69, 9.17) is 9.47 Å². The molecule has 0 saturated heterocycles. The van der Waals surface area contributed by atoms with Crippen molar-refractivity contribution in [1.29, 1.82) is 0 Å². The first kappa shape index (κ1) is 33.9. The molecule has 35 heavy (non-hydrogen) atoms. The highest BCUT2D eigenvalue weighted by Gasteiger charge is 2.07. The summed E-state index contributed by atoms with van der Waals surface area (Å²) < 4.78 is 10.6. The summed E-state index contributed by atoms with van der Waals surface area (Å²) in [6.45, 7) is 7.64. The van der Waals surface area contributed by atoms with Gasteiger partial charge in [-0.2, -0.15) is 0 Å². The zero-order valence-corrected chi connectivity index (χ0v) is 23.9. The predicted octanol–water partition coefficient (Wildman–Crippen LogP) is 9.72. The fourth-order valence-corrected chi connectivity index (χ4v) is 4.27. The van der Waals surface area contributed by atoms with Crippen molar-refractivity contribution in [2.45, 2.75) is 168 Å². The molecule has 208 valence electrons. The van der Waals surface area contributed by atoms with Gasteiger partial charge in [0, 0.05) is 12.8 Å². The minimum absolute atomic E-state index is 0.133. The third-order valence-corrected chi connectivity index (χ3v) is 7.09. The van der Waals surface area contributed by atoms with Crippen molar-refractivity contribution in [3.8, 4) is 0 Å². The summed E-state index contributed by atoms with van der Waals surface area (Å²) in [5, 5.41) is 0. The first-order valence-corrected chi connectivity index (χ1v) is 15.4. The molecule has 0 heterocycles. The first-order valence-electron chi connectivity index (χ1n) is 15.4. The fraction of sp³-hybridized carbons (Fsp3) is 0.935. The monoisotopic (exact) mass is 496 g/mol. The molecule has 0 fully saturated rings. The predicted molar refractivity (Wildman–Crippen MR) is 149 cm³/mol. The molecule has 0 spiro atoms. The number of carbonyl (C=O) groups is 2. The lowest BCUT2D eigenvalue weighted by Crippen LogP contribution is -2.09. The number of carbonyl (C=O) groups excluding carboxylic acids is 2. The van der Waals surface area contributed by atoms with Crippen LogP contribution in [-0.2, 0) is 19.1 Å². The average Bonchev–Trinajstić information content (AvgIpc) is 2.85. The quantitative estimate of drug-likeness (QED) is 0.0838. The van der Waals surface area contributed by atoms with Gasteiger partial charge in [-0.25, -0.2) is 0 Å². The van der Waals surface area contributed by atoms with Gasteiger partial charge in [-0.3, -0.25) is 9.59 Å². The summed E-state index contributed by atoms with van der Waals surface area (Å²) in [5.74, 6) is 0.314. The summed E-state index contributed by atoms with van der Waals surface area (Å²) in [5.41, 5.74) is 0. The first-order chi connectivity index (χ1) is 17.1. The SMILES string of the molecule is CCCCCCCCCCCCCCCCCCCOC(=O)CCCCC(=O)OCCC(C)CC. The highest BCUT2D eigenvalue weighted by molar-refractivity contribution is 5.70. The van der Waals surface area contributed by atoms with Crippen LogP contribution in [0.15, 0.2) is 0 Å². The van der Waals surface area contributed by atoms with Crippen LogP contribution in [0.25, 0.3) is 0 Å². The van der Waals surface area contributed by atoms with Crippen LogP contribution in [0, 0.1) is 5.92 Å². The molecule has 0 aromatic heterocycles. The van der Waals surface area contributed by atoms with E-state index in [0.717, 1.165) is 25.7 Å². The molecule has 0 aromatic rings. The molecule has 0 bridgehead atoms. The van der Waals surface area contributed by atoms with Gasteiger partial charge in [0.25, 0.3) is 0 Å². The van der Waals surface area contributed by atoms with E-state index in [1.165, 1.54) is 96.3 Å². The Morgan fingerprint density at radius 1 is 0.514 bits per heavy atom. The molecule has 0 rings (SSSR count). The van der Waals surface area contributed by atoms with Crippen LogP contribution in [0.1, 0.15) is 168 Å². The van der Waals surface area contributed by atoms with Crippen LogP contribution in [0.3, 0.4) is 0 Å². The normalized spacial score (nSPS) is 12.0. The van der Waals surface area contributed by atoms with Crippen molar-refractivity contribution in [3.63, 3.8) is 0 Å². The maximum Gasteiger partial charge on any atom is 0.305 e. The Morgan fingerprint density at radius 3 is 1.29 bits per heavy atom. The number of hydrogen-bond donors (Lipinski definition) is 0. The molecular weight excluding hydrogens is 436 g/mol. The van der Waals surface area contributed by atoms with E-state index in [9.17, 15) is 9.59 Å². The van der Waals surface area contributed by atoms with Crippen LogP contribution in [-0.4, -0.2) is 25.2 Å². The molecule has 1 atom stereocenters. The molecule has 0 aliphatic heterocycles. The van der Waals surface area contributed by atoms with E-state index in [1.54, 1.807) is 0 Å². The molecule has 0 saturated carbocycles. The summed E-state index contributed by atoms with van der Waals surface area (Å²) in [4.78, 5) is 23.5. The van der Waals surface area contributed by atoms with Crippen LogP contribution < -0.4 is 0 Å². The lowest BCUT2D eigenvalue weighted by Gasteiger charge is -2.09.